The summed E-state index contributed by atoms with van der Waals surface area (Å²) in [5.41, 5.74) is 2.43. The maximum atomic E-state index is 13.2. The van der Waals surface area contributed by atoms with Gasteiger partial charge in [-0.05, 0) is 55.2 Å². The number of carbonyl (C=O) groups is 1. The molecule has 0 fully saturated rings. The first kappa shape index (κ1) is 21.1. The number of rotatable bonds is 8. The summed E-state index contributed by atoms with van der Waals surface area (Å²) in [4.78, 5) is 12.0. The van der Waals surface area contributed by atoms with Crippen molar-refractivity contribution in [3.05, 3.63) is 53.6 Å². The van der Waals surface area contributed by atoms with Gasteiger partial charge in [0.25, 0.3) is 15.9 Å². The van der Waals surface area contributed by atoms with Gasteiger partial charge in [-0.15, -0.1) is 0 Å². The summed E-state index contributed by atoms with van der Waals surface area (Å²) < 4.78 is 38.4. The number of hydrogen-bond acceptors (Lipinski definition) is 5. The van der Waals surface area contributed by atoms with Crippen LogP contribution in [0.2, 0.25) is 0 Å². The number of benzene rings is 2. The first-order valence-corrected chi connectivity index (χ1v) is 11.0. The molecule has 0 saturated carbocycles. The van der Waals surface area contributed by atoms with Gasteiger partial charge >= 0.3 is 0 Å². The molecule has 1 aliphatic rings. The fraction of sp³-hybridized carbons (Fsp3) is 0.381. The van der Waals surface area contributed by atoms with Crippen LogP contribution in [0.1, 0.15) is 17.5 Å². The molecule has 0 unspecified atom stereocenters. The minimum atomic E-state index is -3.68. The highest BCUT2D eigenvalue weighted by Gasteiger charge is 2.29. The number of ether oxygens (including phenoxy) is 2. The first-order chi connectivity index (χ1) is 13.9. The third-order valence-electron chi connectivity index (χ3n) is 4.79. The molecule has 1 aliphatic heterocycles. The summed E-state index contributed by atoms with van der Waals surface area (Å²) in [6.45, 7) is 2.92. The van der Waals surface area contributed by atoms with Crippen LogP contribution in [0.4, 0.5) is 5.69 Å². The number of methoxy groups -OCH3 is 1. The smallest absolute Gasteiger partial charge is 0.264 e. The van der Waals surface area contributed by atoms with Crippen LogP contribution in [0.3, 0.4) is 0 Å². The van der Waals surface area contributed by atoms with E-state index in [2.05, 4.69) is 5.32 Å². The molecular formula is C21H26N2O5S. The Morgan fingerprint density at radius 2 is 2.00 bits per heavy atom. The van der Waals surface area contributed by atoms with Crippen molar-refractivity contribution in [3.8, 4) is 5.75 Å². The van der Waals surface area contributed by atoms with E-state index in [4.69, 9.17) is 9.47 Å². The average Bonchev–Trinajstić information content (AvgIpc) is 2.72. The van der Waals surface area contributed by atoms with Crippen molar-refractivity contribution in [2.45, 2.75) is 24.7 Å². The fourth-order valence-corrected chi connectivity index (χ4v) is 4.93. The van der Waals surface area contributed by atoms with Crippen LogP contribution in [-0.4, -0.2) is 47.7 Å². The van der Waals surface area contributed by atoms with E-state index < -0.39 is 10.0 Å². The van der Waals surface area contributed by atoms with Gasteiger partial charge in [0.15, 0.2) is 6.61 Å². The fourth-order valence-electron chi connectivity index (χ4n) is 3.31. The van der Waals surface area contributed by atoms with Gasteiger partial charge in [0.1, 0.15) is 5.75 Å². The topological polar surface area (TPSA) is 84.9 Å². The number of nitrogens with one attached hydrogen (secondary N) is 1. The molecule has 8 heteroatoms. The molecule has 0 aliphatic carbocycles. The zero-order valence-corrected chi connectivity index (χ0v) is 17.5. The third kappa shape index (κ3) is 4.89. The second-order valence-electron chi connectivity index (χ2n) is 6.87. The Labute approximate surface area is 171 Å². The van der Waals surface area contributed by atoms with E-state index in [-0.39, 0.29) is 17.4 Å². The molecule has 0 aromatic heterocycles. The maximum absolute atomic E-state index is 13.2. The molecule has 1 N–H and O–H groups in total. The van der Waals surface area contributed by atoms with Crippen molar-refractivity contribution < 1.29 is 22.7 Å². The molecule has 3 rings (SSSR count). The van der Waals surface area contributed by atoms with Crippen LogP contribution < -0.4 is 14.4 Å². The Balaban J connectivity index is 1.74. The number of amides is 1. The summed E-state index contributed by atoms with van der Waals surface area (Å²) in [5.74, 6) is 0.216. The van der Waals surface area contributed by atoms with Crippen molar-refractivity contribution in [2.24, 2.45) is 0 Å². The molecule has 29 heavy (non-hydrogen) atoms. The summed E-state index contributed by atoms with van der Waals surface area (Å²) in [5, 5.41) is 2.67. The van der Waals surface area contributed by atoms with Crippen LogP contribution in [0.15, 0.2) is 47.4 Å². The van der Waals surface area contributed by atoms with Crippen LogP contribution in [0, 0.1) is 6.92 Å². The molecule has 156 valence electrons. The van der Waals surface area contributed by atoms with Crippen LogP contribution in [0.25, 0.3) is 0 Å². The Kier molecular flexibility index (Phi) is 6.76. The number of hydrogen-bond donors (Lipinski definition) is 1. The lowest BCUT2D eigenvalue weighted by Crippen LogP contribution is -2.35. The second kappa shape index (κ2) is 9.28. The van der Waals surface area contributed by atoms with Gasteiger partial charge < -0.3 is 14.8 Å². The van der Waals surface area contributed by atoms with E-state index in [1.165, 1.54) is 10.4 Å². The summed E-state index contributed by atoms with van der Waals surface area (Å²) in [6, 6.07) is 12.3. The van der Waals surface area contributed by atoms with E-state index in [0.717, 1.165) is 24.1 Å². The average molecular weight is 419 g/mol. The molecular weight excluding hydrogens is 392 g/mol. The van der Waals surface area contributed by atoms with Gasteiger partial charge in [-0.25, -0.2) is 8.42 Å². The predicted molar refractivity (Wildman–Crippen MR) is 111 cm³/mol. The highest BCUT2D eigenvalue weighted by Crippen LogP contribution is 2.33. The van der Waals surface area contributed by atoms with Crippen molar-refractivity contribution in [2.75, 3.05) is 37.7 Å². The number of carbonyl (C=O) groups excluding carboxylic acids is 1. The van der Waals surface area contributed by atoms with Crippen molar-refractivity contribution in [1.82, 2.24) is 5.32 Å². The lowest BCUT2D eigenvalue weighted by Gasteiger charge is -2.30. The highest BCUT2D eigenvalue weighted by molar-refractivity contribution is 7.92. The number of nitrogens with zero attached hydrogens (tertiary/aromatic N) is 1. The quantitative estimate of drug-likeness (QED) is 0.665. The lowest BCUT2D eigenvalue weighted by molar-refractivity contribution is -0.123. The van der Waals surface area contributed by atoms with E-state index in [1.54, 1.807) is 26.2 Å². The summed E-state index contributed by atoms with van der Waals surface area (Å²) >= 11 is 0. The number of anilines is 1. The lowest BCUT2D eigenvalue weighted by atomic mass is 10.0. The largest absolute Gasteiger partial charge is 0.484 e. The Bertz CT molecular complexity index is 975. The first-order valence-electron chi connectivity index (χ1n) is 9.53. The molecule has 1 heterocycles. The Morgan fingerprint density at radius 3 is 2.76 bits per heavy atom. The number of para-hydroxylation sites is 1. The zero-order valence-electron chi connectivity index (χ0n) is 16.7. The highest BCUT2D eigenvalue weighted by atomic mass is 32.2. The monoisotopic (exact) mass is 418 g/mol. The molecule has 1 amide bonds. The van der Waals surface area contributed by atoms with Crippen molar-refractivity contribution in [1.29, 1.82) is 0 Å². The molecule has 7 nitrogen and oxygen atoms in total. The number of fused-ring (bicyclic) bond motifs is 1. The molecule has 0 radical (unpaired) electrons. The molecule has 0 spiro atoms. The minimum Gasteiger partial charge on any atom is -0.484 e. The van der Waals surface area contributed by atoms with Gasteiger partial charge in [-0.3, -0.25) is 9.10 Å². The second-order valence-corrected chi connectivity index (χ2v) is 8.73. The van der Waals surface area contributed by atoms with Gasteiger partial charge in [0.05, 0.1) is 17.2 Å². The van der Waals surface area contributed by atoms with Crippen LogP contribution in [0.5, 0.6) is 5.75 Å². The Hall–Kier alpha value is -2.58. The van der Waals surface area contributed by atoms with E-state index in [0.29, 0.717) is 31.0 Å². The van der Waals surface area contributed by atoms with Crippen molar-refractivity contribution >= 4 is 21.6 Å². The van der Waals surface area contributed by atoms with Crippen LogP contribution >= 0.6 is 0 Å². The van der Waals surface area contributed by atoms with E-state index in [9.17, 15) is 13.2 Å². The summed E-state index contributed by atoms with van der Waals surface area (Å²) in [6.07, 6.45) is 1.66. The normalized spacial score (nSPS) is 13.7. The maximum Gasteiger partial charge on any atom is 0.264 e. The third-order valence-corrected chi connectivity index (χ3v) is 6.60. The molecule has 0 atom stereocenters. The van der Waals surface area contributed by atoms with Gasteiger partial charge in [0, 0.05) is 20.2 Å². The van der Waals surface area contributed by atoms with Crippen LogP contribution in [-0.2, 0) is 26.0 Å². The van der Waals surface area contributed by atoms with Crippen molar-refractivity contribution in [3.63, 3.8) is 0 Å². The van der Waals surface area contributed by atoms with Gasteiger partial charge in [-0.1, -0.05) is 18.2 Å². The molecule has 2 aromatic rings. The predicted octanol–water partition coefficient (Wildman–Crippen LogP) is 2.28. The number of sulfonamides is 1. The zero-order chi connectivity index (χ0) is 20.9. The number of aryl methyl sites for hydroxylation is 2. The minimum absolute atomic E-state index is 0.143. The van der Waals surface area contributed by atoms with E-state index >= 15 is 0 Å². The standard InChI is InChI=1S/C21H26N2O5S/c1-16-14-18(9-10-20(16)28-15-21(24)22-11-13-27-2)29(25,26)23-12-5-7-17-6-3-4-8-19(17)23/h3-4,6,8-10,14H,5,7,11-13,15H2,1-2H3,(H,22,24). The van der Waals surface area contributed by atoms with Gasteiger partial charge in [-0.2, -0.15) is 0 Å². The summed E-state index contributed by atoms with van der Waals surface area (Å²) in [7, 11) is -2.12. The van der Waals surface area contributed by atoms with E-state index in [1.807, 2.05) is 24.3 Å². The van der Waals surface area contributed by atoms with Gasteiger partial charge in [0.2, 0.25) is 0 Å². The SMILES string of the molecule is COCCNC(=O)COc1ccc(S(=O)(=O)N2CCCc3ccccc32)cc1C. The molecule has 0 saturated heterocycles. The molecule has 0 bridgehead atoms. The Morgan fingerprint density at radius 1 is 1.21 bits per heavy atom. The molecule has 2 aromatic carbocycles.